The Morgan fingerprint density at radius 3 is 2.90 bits per heavy atom. The lowest BCUT2D eigenvalue weighted by Crippen LogP contribution is -2.11. The van der Waals surface area contributed by atoms with Gasteiger partial charge in [-0.25, -0.2) is 0 Å². The second-order valence-electron chi connectivity index (χ2n) is 3.52. The summed E-state index contributed by atoms with van der Waals surface area (Å²) in [7, 11) is 0. The molecule has 1 aromatic heterocycles. The van der Waals surface area contributed by atoms with Gasteiger partial charge in [-0.2, -0.15) is 0 Å². The van der Waals surface area contributed by atoms with Crippen molar-refractivity contribution in [2.24, 2.45) is 0 Å². The molecule has 1 heterocycles. The fourth-order valence-electron chi connectivity index (χ4n) is 1.23. The second kappa shape index (κ2) is 6.69. The molecule has 6 nitrogen and oxygen atoms in total. The number of hydrogen-bond acceptors (Lipinski definition) is 6. The van der Waals surface area contributed by atoms with E-state index in [1.165, 1.54) is 0 Å². The van der Waals surface area contributed by atoms with Crippen molar-refractivity contribution in [1.82, 2.24) is 10.2 Å². The Balaban J connectivity index is 2.01. The lowest BCUT2D eigenvalue weighted by Gasteiger charge is -2.02. The van der Waals surface area contributed by atoms with Gasteiger partial charge in [0.25, 0.3) is 5.91 Å². The maximum absolute atomic E-state index is 11.9. The van der Waals surface area contributed by atoms with Gasteiger partial charge < -0.3 is 10.4 Å². The molecule has 1 aromatic carbocycles. The summed E-state index contributed by atoms with van der Waals surface area (Å²) < 4.78 is 0.434. The third-order valence-corrected chi connectivity index (χ3v) is 4.28. The quantitative estimate of drug-likeness (QED) is 0.819. The van der Waals surface area contributed by atoms with E-state index < -0.39 is 11.9 Å². The monoisotopic (exact) mass is 329 g/mol. The van der Waals surface area contributed by atoms with Crippen molar-refractivity contribution in [2.75, 3.05) is 11.1 Å². The number of carbonyl (C=O) groups excluding carboxylic acids is 1. The normalized spacial score (nSPS) is 10.2. The van der Waals surface area contributed by atoms with Crippen molar-refractivity contribution < 1.29 is 14.7 Å². The molecule has 0 bridgehead atoms. The van der Waals surface area contributed by atoms with Crippen molar-refractivity contribution in [3.05, 3.63) is 34.3 Å². The third kappa shape index (κ3) is 4.19. The van der Waals surface area contributed by atoms with Crippen LogP contribution >= 0.6 is 34.7 Å². The van der Waals surface area contributed by atoms with E-state index in [0.717, 1.165) is 23.1 Å². The summed E-state index contributed by atoms with van der Waals surface area (Å²) in [6.45, 7) is 0. The SMILES string of the molecule is O=C(O)CSc1nnc(C(=O)Nc2cccc(Cl)c2)s1. The Morgan fingerprint density at radius 1 is 1.40 bits per heavy atom. The molecule has 0 saturated heterocycles. The number of benzene rings is 1. The molecule has 0 atom stereocenters. The number of anilines is 1. The number of carboxylic acid groups (broad SMARTS) is 1. The first-order chi connectivity index (χ1) is 9.54. The standard InChI is InChI=1S/C11H8ClN3O3S2/c12-6-2-1-3-7(4-6)13-9(18)10-14-15-11(20-10)19-5-8(16)17/h1-4H,5H2,(H,13,18)(H,16,17). The smallest absolute Gasteiger partial charge is 0.313 e. The number of aliphatic carboxylic acids is 1. The molecule has 20 heavy (non-hydrogen) atoms. The minimum absolute atomic E-state index is 0.120. The number of carbonyl (C=O) groups is 2. The fraction of sp³-hybridized carbons (Fsp3) is 0.0909. The first kappa shape index (κ1) is 14.8. The van der Waals surface area contributed by atoms with Crippen molar-refractivity contribution in [3.8, 4) is 0 Å². The van der Waals surface area contributed by atoms with Crippen LogP contribution in [0.4, 0.5) is 5.69 Å². The highest BCUT2D eigenvalue weighted by atomic mass is 35.5. The van der Waals surface area contributed by atoms with Gasteiger partial charge in [-0.05, 0) is 18.2 Å². The van der Waals surface area contributed by atoms with Crippen LogP contribution in [0.2, 0.25) is 5.02 Å². The van der Waals surface area contributed by atoms with E-state index in [4.69, 9.17) is 16.7 Å². The maximum atomic E-state index is 11.9. The molecule has 0 aliphatic rings. The first-order valence-electron chi connectivity index (χ1n) is 5.29. The van der Waals surface area contributed by atoms with Gasteiger partial charge in [-0.15, -0.1) is 10.2 Å². The highest BCUT2D eigenvalue weighted by molar-refractivity contribution is 8.01. The Labute approximate surface area is 127 Å². The van der Waals surface area contributed by atoms with E-state index in [1.54, 1.807) is 24.3 Å². The minimum Gasteiger partial charge on any atom is -0.481 e. The van der Waals surface area contributed by atoms with Crippen LogP contribution in [-0.4, -0.2) is 32.9 Å². The summed E-state index contributed by atoms with van der Waals surface area (Å²) >= 11 is 7.87. The molecule has 0 saturated carbocycles. The van der Waals surface area contributed by atoms with Crippen molar-refractivity contribution >= 4 is 52.3 Å². The number of thioether (sulfide) groups is 1. The lowest BCUT2D eigenvalue weighted by atomic mass is 10.3. The topological polar surface area (TPSA) is 92.2 Å². The van der Waals surface area contributed by atoms with Crippen molar-refractivity contribution in [3.63, 3.8) is 0 Å². The van der Waals surface area contributed by atoms with E-state index in [2.05, 4.69) is 15.5 Å². The summed E-state index contributed by atoms with van der Waals surface area (Å²) in [6, 6.07) is 6.72. The molecule has 2 N–H and O–H groups in total. The van der Waals surface area contributed by atoms with E-state index >= 15 is 0 Å². The van der Waals surface area contributed by atoms with Gasteiger partial charge in [0.2, 0.25) is 5.01 Å². The summed E-state index contributed by atoms with van der Waals surface area (Å²) in [5.74, 6) is -1.48. The summed E-state index contributed by atoms with van der Waals surface area (Å²) in [4.78, 5) is 22.3. The van der Waals surface area contributed by atoms with Gasteiger partial charge in [0.1, 0.15) is 0 Å². The molecule has 0 spiro atoms. The molecule has 0 fully saturated rings. The van der Waals surface area contributed by atoms with Gasteiger partial charge in [-0.3, -0.25) is 9.59 Å². The van der Waals surface area contributed by atoms with Crippen LogP contribution in [0.5, 0.6) is 0 Å². The molecule has 0 unspecified atom stereocenters. The van der Waals surface area contributed by atoms with Crippen LogP contribution in [0.3, 0.4) is 0 Å². The molecular weight excluding hydrogens is 322 g/mol. The highest BCUT2D eigenvalue weighted by Gasteiger charge is 2.14. The van der Waals surface area contributed by atoms with E-state index in [9.17, 15) is 9.59 Å². The Hall–Kier alpha value is -1.64. The van der Waals surface area contributed by atoms with Crippen LogP contribution in [0.1, 0.15) is 9.80 Å². The van der Waals surface area contributed by atoms with Gasteiger partial charge >= 0.3 is 5.97 Å². The Bertz CT molecular complexity index is 647. The molecule has 2 rings (SSSR count). The highest BCUT2D eigenvalue weighted by Crippen LogP contribution is 2.23. The Kier molecular flexibility index (Phi) is 4.94. The van der Waals surface area contributed by atoms with Crippen LogP contribution in [0.15, 0.2) is 28.6 Å². The number of hydrogen-bond donors (Lipinski definition) is 2. The van der Waals surface area contributed by atoms with E-state index in [1.807, 2.05) is 0 Å². The zero-order chi connectivity index (χ0) is 14.5. The molecule has 2 aromatic rings. The zero-order valence-corrected chi connectivity index (χ0v) is 12.3. The number of rotatable bonds is 5. The van der Waals surface area contributed by atoms with Gasteiger partial charge in [0, 0.05) is 10.7 Å². The molecule has 1 amide bonds. The van der Waals surface area contributed by atoms with Gasteiger partial charge in [0.05, 0.1) is 5.75 Å². The first-order valence-corrected chi connectivity index (χ1v) is 7.47. The van der Waals surface area contributed by atoms with Crippen molar-refractivity contribution in [1.29, 1.82) is 0 Å². The fourth-order valence-corrected chi connectivity index (χ4v) is 2.89. The number of nitrogens with one attached hydrogen (secondary N) is 1. The molecule has 9 heteroatoms. The second-order valence-corrected chi connectivity index (χ2v) is 6.16. The van der Waals surface area contributed by atoms with Crippen LogP contribution in [0.25, 0.3) is 0 Å². The maximum Gasteiger partial charge on any atom is 0.313 e. The van der Waals surface area contributed by atoms with Crippen LogP contribution < -0.4 is 5.32 Å². The minimum atomic E-state index is -0.949. The summed E-state index contributed by atoms with van der Waals surface area (Å²) in [6.07, 6.45) is 0. The summed E-state index contributed by atoms with van der Waals surface area (Å²) in [5.41, 5.74) is 0.553. The van der Waals surface area contributed by atoms with Crippen LogP contribution in [-0.2, 0) is 4.79 Å². The van der Waals surface area contributed by atoms with Crippen molar-refractivity contribution in [2.45, 2.75) is 4.34 Å². The predicted octanol–water partition coefficient (Wildman–Crippen LogP) is 2.62. The molecular formula is C11H8ClN3O3S2. The zero-order valence-electron chi connectivity index (χ0n) is 9.87. The number of carboxylic acids is 1. The number of amides is 1. The number of halogens is 1. The lowest BCUT2D eigenvalue weighted by molar-refractivity contribution is -0.133. The third-order valence-electron chi connectivity index (χ3n) is 2.00. The van der Waals surface area contributed by atoms with E-state index in [0.29, 0.717) is 15.0 Å². The van der Waals surface area contributed by atoms with Crippen LogP contribution in [0, 0.1) is 0 Å². The predicted molar refractivity (Wildman–Crippen MR) is 77.7 cm³/mol. The van der Waals surface area contributed by atoms with Gasteiger partial charge in [-0.1, -0.05) is 40.8 Å². The average molecular weight is 330 g/mol. The average Bonchev–Trinajstić information content (AvgIpc) is 2.85. The van der Waals surface area contributed by atoms with Gasteiger partial charge in [0.15, 0.2) is 4.34 Å². The molecule has 0 aliphatic carbocycles. The summed E-state index contributed by atoms with van der Waals surface area (Å²) in [5, 5.41) is 19.3. The largest absolute Gasteiger partial charge is 0.481 e. The van der Waals surface area contributed by atoms with E-state index in [-0.39, 0.29) is 10.8 Å². The number of nitrogens with zero attached hydrogens (tertiary/aromatic N) is 2. The Morgan fingerprint density at radius 2 is 2.20 bits per heavy atom. The molecule has 0 radical (unpaired) electrons. The molecule has 104 valence electrons. The molecule has 0 aliphatic heterocycles. The number of aromatic nitrogens is 2.